The van der Waals surface area contributed by atoms with Gasteiger partial charge in [0, 0.05) is 11.7 Å². The van der Waals surface area contributed by atoms with Gasteiger partial charge in [0.25, 0.3) is 0 Å². The van der Waals surface area contributed by atoms with Crippen LogP contribution in [0.2, 0.25) is 0 Å². The molecule has 1 aliphatic rings. The Bertz CT molecular complexity index is 948. The van der Waals surface area contributed by atoms with E-state index in [0.717, 1.165) is 40.5 Å². The van der Waals surface area contributed by atoms with Crippen molar-refractivity contribution in [3.8, 4) is 11.4 Å². The lowest BCUT2D eigenvalue weighted by molar-refractivity contribution is -0.120. The monoisotopic (exact) mass is 381 g/mol. The Morgan fingerprint density at radius 1 is 1.26 bits per heavy atom. The SMILES string of the molecule is CCOc1ccc(-n2c(SC(C)C(=O)NC3CC3)nc3ccccc32)cc1. The van der Waals surface area contributed by atoms with Crippen molar-refractivity contribution in [2.24, 2.45) is 0 Å². The van der Waals surface area contributed by atoms with Crippen molar-refractivity contribution in [1.82, 2.24) is 14.9 Å². The molecule has 1 N–H and O–H groups in total. The van der Waals surface area contributed by atoms with Gasteiger partial charge in [-0.05, 0) is 63.1 Å². The van der Waals surface area contributed by atoms with Crippen molar-refractivity contribution >= 4 is 28.7 Å². The van der Waals surface area contributed by atoms with Crippen molar-refractivity contribution < 1.29 is 9.53 Å². The fourth-order valence-corrected chi connectivity index (χ4v) is 3.90. The fraction of sp³-hybridized carbons (Fsp3) is 0.333. The molecule has 0 saturated heterocycles. The number of thioether (sulfide) groups is 1. The number of amides is 1. The predicted octanol–water partition coefficient (Wildman–Crippen LogP) is 4.18. The molecule has 2 aromatic carbocycles. The highest BCUT2D eigenvalue weighted by atomic mass is 32.2. The summed E-state index contributed by atoms with van der Waals surface area (Å²) < 4.78 is 7.66. The summed E-state index contributed by atoms with van der Waals surface area (Å²) in [6.45, 7) is 4.55. The molecule has 27 heavy (non-hydrogen) atoms. The molecule has 4 rings (SSSR count). The van der Waals surface area contributed by atoms with Crippen LogP contribution in [-0.4, -0.2) is 33.4 Å². The first kappa shape index (κ1) is 17.9. The van der Waals surface area contributed by atoms with Crippen molar-refractivity contribution in [3.63, 3.8) is 0 Å². The van der Waals surface area contributed by atoms with Crippen LogP contribution in [-0.2, 0) is 4.79 Å². The average molecular weight is 382 g/mol. The molecule has 1 unspecified atom stereocenters. The molecule has 5 nitrogen and oxygen atoms in total. The Hall–Kier alpha value is -2.47. The van der Waals surface area contributed by atoms with E-state index in [1.165, 1.54) is 11.8 Å². The Labute approximate surface area is 163 Å². The van der Waals surface area contributed by atoms with Crippen LogP contribution >= 0.6 is 11.8 Å². The Kier molecular flexibility index (Phi) is 5.07. The van der Waals surface area contributed by atoms with E-state index in [1.807, 2.05) is 56.3 Å². The molecule has 1 saturated carbocycles. The molecule has 0 spiro atoms. The zero-order chi connectivity index (χ0) is 18.8. The molecule has 0 bridgehead atoms. The van der Waals surface area contributed by atoms with Crippen LogP contribution in [0.3, 0.4) is 0 Å². The van der Waals surface area contributed by atoms with E-state index in [2.05, 4.69) is 16.0 Å². The average Bonchev–Trinajstić information content (AvgIpc) is 3.41. The molecule has 1 fully saturated rings. The zero-order valence-corrected chi connectivity index (χ0v) is 16.3. The fourth-order valence-electron chi connectivity index (χ4n) is 2.95. The van der Waals surface area contributed by atoms with Crippen LogP contribution in [0.15, 0.2) is 53.7 Å². The first-order valence-corrected chi connectivity index (χ1v) is 10.2. The number of benzene rings is 2. The van der Waals surface area contributed by atoms with Crippen LogP contribution < -0.4 is 10.1 Å². The van der Waals surface area contributed by atoms with Crippen LogP contribution in [0.25, 0.3) is 16.7 Å². The Morgan fingerprint density at radius 2 is 2.00 bits per heavy atom. The largest absolute Gasteiger partial charge is 0.494 e. The van der Waals surface area contributed by atoms with Crippen molar-refractivity contribution in [1.29, 1.82) is 0 Å². The normalized spacial score (nSPS) is 14.9. The van der Waals surface area contributed by atoms with Gasteiger partial charge in [0.2, 0.25) is 5.91 Å². The molecule has 140 valence electrons. The van der Waals surface area contributed by atoms with Crippen LogP contribution in [0.1, 0.15) is 26.7 Å². The van der Waals surface area contributed by atoms with Crippen LogP contribution in [0.5, 0.6) is 5.75 Å². The van der Waals surface area contributed by atoms with Crippen molar-refractivity contribution in [2.75, 3.05) is 6.61 Å². The van der Waals surface area contributed by atoms with E-state index < -0.39 is 0 Å². The number of aromatic nitrogens is 2. The number of imidazole rings is 1. The maximum absolute atomic E-state index is 12.4. The predicted molar refractivity (Wildman–Crippen MR) is 109 cm³/mol. The lowest BCUT2D eigenvalue weighted by atomic mass is 10.2. The molecular formula is C21H23N3O2S. The van der Waals surface area contributed by atoms with Gasteiger partial charge in [-0.1, -0.05) is 23.9 Å². The third-order valence-corrected chi connectivity index (χ3v) is 5.56. The van der Waals surface area contributed by atoms with E-state index >= 15 is 0 Å². The van der Waals surface area contributed by atoms with E-state index in [1.54, 1.807) is 0 Å². The first-order valence-electron chi connectivity index (χ1n) is 9.33. The number of para-hydroxylation sites is 2. The molecule has 1 aromatic heterocycles. The second-order valence-corrected chi connectivity index (χ2v) is 8.00. The molecule has 1 amide bonds. The first-order chi connectivity index (χ1) is 13.2. The number of carbonyl (C=O) groups excluding carboxylic acids is 1. The molecule has 1 heterocycles. The maximum Gasteiger partial charge on any atom is 0.233 e. The minimum atomic E-state index is -0.205. The van der Waals surface area contributed by atoms with Gasteiger partial charge >= 0.3 is 0 Å². The number of fused-ring (bicyclic) bond motifs is 1. The van der Waals surface area contributed by atoms with Gasteiger partial charge in [0.15, 0.2) is 5.16 Å². The number of hydrogen-bond acceptors (Lipinski definition) is 4. The van der Waals surface area contributed by atoms with Gasteiger partial charge in [-0.25, -0.2) is 4.98 Å². The summed E-state index contributed by atoms with van der Waals surface area (Å²) in [6, 6.07) is 16.4. The van der Waals surface area contributed by atoms with E-state index in [0.29, 0.717) is 12.6 Å². The van der Waals surface area contributed by atoms with E-state index in [9.17, 15) is 4.79 Å². The van der Waals surface area contributed by atoms with E-state index in [-0.39, 0.29) is 11.2 Å². The minimum Gasteiger partial charge on any atom is -0.494 e. The van der Waals surface area contributed by atoms with Gasteiger partial charge in [0.05, 0.1) is 22.9 Å². The molecule has 1 aliphatic carbocycles. The molecule has 3 aromatic rings. The van der Waals surface area contributed by atoms with E-state index in [4.69, 9.17) is 9.72 Å². The number of hydrogen-bond donors (Lipinski definition) is 1. The van der Waals surface area contributed by atoms with Crippen molar-refractivity contribution in [2.45, 2.75) is 43.1 Å². The Balaban J connectivity index is 1.67. The summed E-state index contributed by atoms with van der Waals surface area (Å²) in [5, 5.41) is 3.69. The minimum absolute atomic E-state index is 0.0767. The maximum atomic E-state index is 12.4. The summed E-state index contributed by atoms with van der Waals surface area (Å²) >= 11 is 1.49. The second kappa shape index (κ2) is 7.64. The number of rotatable bonds is 7. The number of nitrogens with zero attached hydrogens (tertiary/aromatic N) is 2. The Morgan fingerprint density at radius 3 is 2.70 bits per heavy atom. The molecule has 1 atom stereocenters. The third kappa shape index (κ3) is 3.95. The quantitative estimate of drug-likeness (QED) is 0.624. The molecule has 0 aliphatic heterocycles. The van der Waals surface area contributed by atoms with Gasteiger partial charge in [-0.3, -0.25) is 9.36 Å². The highest BCUT2D eigenvalue weighted by molar-refractivity contribution is 8.00. The number of nitrogens with one attached hydrogen (secondary N) is 1. The van der Waals surface area contributed by atoms with Crippen molar-refractivity contribution in [3.05, 3.63) is 48.5 Å². The van der Waals surface area contributed by atoms with Crippen LogP contribution in [0, 0.1) is 0 Å². The highest BCUT2D eigenvalue weighted by Crippen LogP contribution is 2.31. The van der Waals surface area contributed by atoms with Gasteiger partial charge < -0.3 is 10.1 Å². The third-order valence-electron chi connectivity index (χ3n) is 4.51. The molecular weight excluding hydrogens is 358 g/mol. The summed E-state index contributed by atoms with van der Waals surface area (Å²) in [4.78, 5) is 17.2. The summed E-state index contributed by atoms with van der Waals surface area (Å²) in [7, 11) is 0. The summed E-state index contributed by atoms with van der Waals surface area (Å²) in [5.41, 5.74) is 2.95. The summed E-state index contributed by atoms with van der Waals surface area (Å²) in [6.07, 6.45) is 2.18. The topological polar surface area (TPSA) is 56.1 Å². The standard InChI is InChI=1S/C21H23N3O2S/c1-3-26-17-12-10-16(11-13-17)24-19-7-5-4-6-18(19)23-21(24)27-14(2)20(25)22-15-8-9-15/h4-7,10-15H,3,8-9H2,1-2H3,(H,22,25). The second-order valence-electron chi connectivity index (χ2n) is 6.69. The molecule has 0 radical (unpaired) electrons. The number of ether oxygens (including phenoxy) is 1. The number of carbonyl (C=O) groups is 1. The zero-order valence-electron chi connectivity index (χ0n) is 15.5. The van der Waals surface area contributed by atoms with Gasteiger partial charge in [-0.15, -0.1) is 0 Å². The molecule has 6 heteroatoms. The van der Waals surface area contributed by atoms with Crippen LogP contribution in [0.4, 0.5) is 0 Å². The highest BCUT2D eigenvalue weighted by Gasteiger charge is 2.27. The smallest absolute Gasteiger partial charge is 0.233 e. The van der Waals surface area contributed by atoms with Gasteiger partial charge in [-0.2, -0.15) is 0 Å². The lowest BCUT2D eigenvalue weighted by Gasteiger charge is -2.14. The van der Waals surface area contributed by atoms with Gasteiger partial charge in [0.1, 0.15) is 5.75 Å². The lowest BCUT2D eigenvalue weighted by Crippen LogP contribution is -2.32. The summed E-state index contributed by atoms with van der Waals surface area (Å²) in [5.74, 6) is 0.921.